The van der Waals surface area contributed by atoms with Gasteiger partial charge in [-0.25, -0.2) is 9.59 Å². The van der Waals surface area contributed by atoms with Crippen molar-refractivity contribution in [3.05, 3.63) is 59.7 Å². The van der Waals surface area contributed by atoms with E-state index in [4.69, 9.17) is 14.6 Å². The molecule has 0 saturated carbocycles. The van der Waals surface area contributed by atoms with E-state index in [0.29, 0.717) is 0 Å². The lowest BCUT2D eigenvalue weighted by molar-refractivity contribution is -0.148. The van der Waals surface area contributed by atoms with E-state index in [0.717, 1.165) is 22.3 Å². The van der Waals surface area contributed by atoms with Crippen LogP contribution in [0, 0.1) is 0 Å². The van der Waals surface area contributed by atoms with Crippen LogP contribution in [0.25, 0.3) is 11.1 Å². The average Bonchev–Trinajstić information content (AvgIpc) is 3.06. The van der Waals surface area contributed by atoms with Crippen molar-refractivity contribution in [2.45, 2.75) is 18.4 Å². The summed E-state index contributed by atoms with van der Waals surface area (Å²) < 4.78 is 10.1. The van der Waals surface area contributed by atoms with Crippen molar-refractivity contribution in [2.24, 2.45) is 0 Å². The second-order valence-corrected chi connectivity index (χ2v) is 6.87. The molecule has 1 unspecified atom stereocenters. The predicted molar refractivity (Wildman–Crippen MR) is 109 cm³/mol. The lowest BCUT2D eigenvalue weighted by Gasteiger charge is -2.15. The zero-order valence-electron chi connectivity index (χ0n) is 16.6. The van der Waals surface area contributed by atoms with Gasteiger partial charge < -0.3 is 25.2 Å². The maximum atomic E-state index is 12.0. The van der Waals surface area contributed by atoms with Gasteiger partial charge in [-0.2, -0.15) is 0 Å². The normalized spacial score (nSPS) is 13.1. The summed E-state index contributed by atoms with van der Waals surface area (Å²) in [6.45, 7) is 0.128. The van der Waals surface area contributed by atoms with Crippen molar-refractivity contribution in [1.82, 2.24) is 10.6 Å². The van der Waals surface area contributed by atoms with Crippen LogP contribution in [0.5, 0.6) is 0 Å². The molecule has 0 fully saturated rings. The number of hydrogen-bond donors (Lipinski definition) is 3. The Morgan fingerprint density at radius 2 is 1.60 bits per heavy atom. The van der Waals surface area contributed by atoms with Gasteiger partial charge in [0.2, 0.25) is 5.91 Å². The van der Waals surface area contributed by atoms with Crippen molar-refractivity contribution < 1.29 is 29.0 Å². The lowest BCUT2D eigenvalue weighted by Crippen LogP contribution is -2.39. The highest BCUT2D eigenvalue weighted by molar-refractivity contribution is 5.80. The number of methoxy groups -OCH3 is 1. The van der Waals surface area contributed by atoms with Crippen LogP contribution in [0.1, 0.15) is 23.5 Å². The van der Waals surface area contributed by atoms with Crippen LogP contribution < -0.4 is 10.6 Å². The minimum Gasteiger partial charge on any atom is -0.479 e. The van der Waals surface area contributed by atoms with Crippen molar-refractivity contribution in [3.63, 3.8) is 0 Å². The Balaban J connectivity index is 1.44. The number of carboxylic acids is 1. The Kier molecular flexibility index (Phi) is 7.03. The Hall–Kier alpha value is -3.39. The molecule has 2 aromatic rings. The van der Waals surface area contributed by atoms with Gasteiger partial charge in [0, 0.05) is 26.0 Å². The van der Waals surface area contributed by atoms with Crippen LogP contribution in [0.15, 0.2) is 48.5 Å². The number of alkyl carbamates (subject to hydrolysis) is 1. The molecule has 2 amide bonds. The van der Waals surface area contributed by atoms with Crippen molar-refractivity contribution in [1.29, 1.82) is 0 Å². The number of rotatable bonds is 9. The first-order valence-corrected chi connectivity index (χ1v) is 9.62. The van der Waals surface area contributed by atoms with E-state index in [-0.39, 0.29) is 32.0 Å². The lowest BCUT2D eigenvalue weighted by atomic mass is 9.98. The molecule has 0 aromatic heterocycles. The molecule has 0 bridgehead atoms. The van der Waals surface area contributed by atoms with Gasteiger partial charge in [0.05, 0.1) is 6.54 Å². The molecule has 3 rings (SSSR count). The Labute approximate surface area is 174 Å². The van der Waals surface area contributed by atoms with Gasteiger partial charge in [-0.3, -0.25) is 4.79 Å². The van der Waals surface area contributed by atoms with Gasteiger partial charge in [0.25, 0.3) is 0 Å². The zero-order valence-corrected chi connectivity index (χ0v) is 16.6. The molecule has 0 saturated heterocycles. The monoisotopic (exact) mass is 412 g/mol. The van der Waals surface area contributed by atoms with E-state index in [1.165, 1.54) is 7.11 Å². The molecule has 0 heterocycles. The van der Waals surface area contributed by atoms with Gasteiger partial charge in [-0.1, -0.05) is 48.5 Å². The van der Waals surface area contributed by atoms with Crippen molar-refractivity contribution in [3.8, 4) is 11.1 Å². The van der Waals surface area contributed by atoms with Gasteiger partial charge in [0.15, 0.2) is 6.10 Å². The molecule has 2 aromatic carbocycles. The molecule has 1 aliphatic rings. The molecule has 1 atom stereocenters. The van der Waals surface area contributed by atoms with Gasteiger partial charge in [-0.05, 0) is 22.3 Å². The fraction of sp³-hybridized carbons (Fsp3) is 0.318. The second kappa shape index (κ2) is 9.89. The van der Waals surface area contributed by atoms with Crippen molar-refractivity contribution in [2.75, 3.05) is 26.8 Å². The van der Waals surface area contributed by atoms with E-state index in [9.17, 15) is 14.4 Å². The Morgan fingerprint density at radius 1 is 1.00 bits per heavy atom. The number of carboxylic acid groups (broad SMARTS) is 1. The topological polar surface area (TPSA) is 114 Å². The highest BCUT2D eigenvalue weighted by Crippen LogP contribution is 2.44. The van der Waals surface area contributed by atoms with Crippen LogP contribution in [-0.2, 0) is 19.1 Å². The molecular weight excluding hydrogens is 388 g/mol. The highest BCUT2D eigenvalue weighted by Gasteiger charge is 2.29. The zero-order chi connectivity index (χ0) is 21.5. The van der Waals surface area contributed by atoms with Gasteiger partial charge in [-0.15, -0.1) is 0 Å². The smallest absolute Gasteiger partial charge is 0.407 e. The number of benzene rings is 2. The summed E-state index contributed by atoms with van der Waals surface area (Å²) in [5, 5.41) is 13.8. The highest BCUT2D eigenvalue weighted by atomic mass is 16.5. The maximum absolute atomic E-state index is 12.0. The molecule has 1 aliphatic carbocycles. The van der Waals surface area contributed by atoms with Crippen LogP contribution in [0.4, 0.5) is 4.79 Å². The minimum atomic E-state index is -1.16. The summed E-state index contributed by atoms with van der Waals surface area (Å²) >= 11 is 0. The minimum absolute atomic E-state index is 0.000247. The summed E-state index contributed by atoms with van der Waals surface area (Å²) in [5.74, 6) is -1.58. The van der Waals surface area contributed by atoms with Crippen LogP contribution in [0.3, 0.4) is 0 Å². The first-order chi connectivity index (χ1) is 14.5. The van der Waals surface area contributed by atoms with Crippen LogP contribution >= 0.6 is 0 Å². The Bertz CT molecular complexity index is 884. The maximum Gasteiger partial charge on any atom is 0.407 e. The number of aliphatic carboxylic acids is 1. The average molecular weight is 412 g/mol. The number of nitrogens with one attached hydrogen (secondary N) is 2. The quantitative estimate of drug-likeness (QED) is 0.581. The largest absolute Gasteiger partial charge is 0.479 e. The number of hydrogen-bond acceptors (Lipinski definition) is 5. The second-order valence-electron chi connectivity index (χ2n) is 6.87. The summed E-state index contributed by atoms with van der Waals surface area (Å²) in [5.41, 5.74) is 4.54. The third kappa shape index (κ3) is 4.96. The molecule has 0 radical (unpaired) electrons. The molecule has 0 spiro atoms. The molecule has 3 N–H and O–H groups in total. The molecule has 158 valence electrons. The number of carbonyl (C=O) groups is 3. The third-order valence-electron chi connectivity index (χ3n) is 5.01. The first-order valence-electron chi connectivity index (χ1n) is 9.62. The summed E-state index contributed by atoms with van der Waals surface area (Å²) in [6.07, 6.45) is -1.71. The fourth-order valence-electron chi connectivity index (χ4n) is 3.49. The van der Waals surface area contributed by atoms with Crippen LogP contribution in [0.2, 0.25) is 0 Å². The number of ether oxygens (including phenoxy) is 2. The third-order valence-corrected chi connectivity index (χ3v) is 5.01. The van der Waals surface area contributed by atoms with Crippen molar-refractivity contribution >= 4 is 18.0 Å². The van der Waals surface area contributed by atoms with E-state index in [1.54, 1.807) is 0 Å². The van der Waals surface area contributed by atoms with E-state index < -0.39 is 24.1 Å². The Morgan fingerprint density at radius 3 is 2.17 bits per heavy atom. The van der Waals surface area contributed by atoms with E-state index >= 15 is 0 Å². The molecule has 8 nitrogen and oxygen atoms in total. The molecule has 8 heteroatoms. The summed E-state index contributed by atoms with van der Waals surface area (Å²) in [4.78, 5) is 34.6. The SMILES string of the molecule is COC(CNC(=O)CCNC(=O)OCC1c2ccccc2-c2ccccc21)C(=O)O. The standard InChI is InChI=1S/C22H24N2O6/c1-29-19(21(26)27)12-24-20(25)10-11-23-22(28)30-13-18-16-8-4-2-6-14(16)15-7-3-5-9-17(15)18/h2-9,18-19H,10-13H2,1H3,(H,23,28)(H,24,25)(H,26,27). The van der Waals surface area contributed by atoms with E-state index in [2.05, 4.69) is 22.8 Å². The predicted octanol–water partition coefficient (Wildman–Crippen LogP) is 2.13. The van der Waals surface area contributed by atoms with Gasteiger partial charge in [0.1, 0.15) is 6.61 Å². The van der Waals surface area contributed by atoms with Crippen LogP contribution in [-0.4, -0.2) is 56.0 Å². The van der Waals surface area contributed by atoms with E-state index in [1.807, 2.05) is 36.4 Å². The number of amides is 2. The van der Waals surface area contributed by atoms with Gasteiger partial charge >= 0.3 is 12.1 Å². The molecule has 0 aliphatic heterocycles. The summed E-state index contributed by atoms with van der Waals surface area (Å²) in [6, 6.07) is 16.1. The number of fused-ring (bicyclic) bond motifs is 3. The summed E-state index contributed by atoms with van der Waals surface area (Å²) in [7, 11) is 1.25. The molecular formula is C22H24N2O6. The fourth-order valence-corrected chi connectivity index (χ4v) is 3.49. The first kappa shape index (κ1) is 21.3. The number of carbonyl (C=O) groups excluding carboxylic acids is 2. The molecule has 30 heavy (non-hydrogen) atoms.